The van der Waals surface area contributed by atoms with Crippen LogP contribution in [0.5, 0.6) is 0 Å². The first-order valence-electron chi connectivity index (χ1n) is 11.6. The van der Waals surface area contributed by atoms with Gasteiger partial charge in [0.2, 0.25) is 5.82 Å². The van der Waals surface area contributed by atoms with Crippen molar-refractivity contribution < 1.29 is 14.1 Å². The lowest BCUT2D eigenvalue weighted by Gasteiger charge is -2.32. The van der Waals surface area contributed by atoms with E-state index in [2.05, 4.69) is 49.5 Å². The number of aromatic nitrogens is 2. The van der Waals surface area contributed by atoms with Crippen LogP contribution in [0.15, 0.2) is 59.1 Å². The first-order valence-corrected chi connectivity index (χ1v) is 11.6. The Morgan fingerprint density at radius 2 is 1.70 bits per heavy atom. The molecule has 2 aromatic carbocycles. The van der Waals surface area contributed by atoms with E-state index in [0.29, 0.717) is 5.82 Å². The van der Waals surface area contributed by atoms with Crippen molar-refractivity contribution in [3.63, 3.8) is 0 Å². The molecule has 2 saturated heterocycles. The second-order valence-electron chi connectivity index (χ2n) is 8.58. The molecule has 3 aromatic rings. The number of ether oxygens (including phenoxy) is 1. The number of hydrogen-bond donors (Lipinski definition) is 1. The fourth-order valence-corrected chi connectivity index (χ4v) is 4.40. The van der Waals surface area contributed by atoms with E-state index in [-0.39, 0.29) is 17.8 Å². The maximum absolute atomic E-state index is 12.7. The molecule has 2 aliphatic rings. The van der Waals surface area contributed by atoms with Crippen LogP contribution in [0.25, 0.3) is 11.4 Å². The van der Waals surface area contributed by atoms with Crippen LogP contribution in [0, 0.1) is 0 Å². The van der Waals surface area contributed by atoms with Gasteiger partial charge in [-0.3, -0.25) is 9.69 Å². The maximum Gasteiger partial charge on any atom is 0.316 e. The predicted octanol–water partition coefficient (Wildman–Crippen LogP) is 2.97. The number of benzene rings is 2. The number of nitrogens with one attached hydrogen (secondary N) is 1. The smallest absolute Gasteiger partial charge is 0.316 e. The van der Waals surface area contributed by atoms with Crippen molar-refractivity contribution in [3.8, 4) is 11.4 Å². The highest BCUT2D eigenvalue weighted by molar-refractivity contribution is 5.90. The molecule has 2 aliphatic heterocycles. The van der Waals surface area contributed by atoms with Gasteiger partial charge in [0.15, 0.2) is 0 Å². The van der Waals surface area contributed by atoms with Gasteiger partial charge < -0.3 is 19.5 Å². The second kappa shape index (κ2) is 10.1. The molecule has 33 heavy (non-hydrogen) atoms. The van der Waals surface area contributed by atoms with Gasteiger partial charge in [0.1, 0.15) is 0 Å². The van der Waals surface area contributed by atoms with Crippen molar-refractivity contribution >= 4 is 11.6 Å². The highest BCUT2D eigenvalue weighted by Crippen LogP contribution is 2.22. The van der Waals surface area contributed by atoms with Gasteiger partial charge in [0.25, 0.3) is 0 Å². The molecule has 0 aliphatic carbocycles. The number of nitrogens with zero attached hydrogens (tertiary/aromatic N) is 4. The van der Waals surface area contributed by atoms with Crippen LogP contribution in [-0.2, 0) is 11.3 Å². The Bertz CT molecular complexity index is 1040. The molecule has 0 radical (unpaired) electrons. The normalized spacial score (nSPS) is 17.8. The highest BCUT2D eigenvalue weighted by atomic mass is 16.5. The number of anilines is 1. The van der Waals surface area contributed by atoms with Crippen molar-refractivity contribution in [1.29, 1.82) is 0 Å². The molecule has 0 saturated carbocycles. The minimum atomic E-state index is -0.305. The predicted molar refractivity (Wildman–Crippen MR) is 125 cm³/mol. The monoisotopic (exact) mass is 447 g/mol. The van der Waals surface area contributed by atoms with Crippen molar-refractivity contribution in [2.45, 2.75) is 25.4 Å². The summed E-state index contributed by atoms with van der Waals surface area (Å²) in [6, 6.07) is 18.6. The molecular formula is C25H29N5O3. The Hall–Kier alpha value is -3.23. The van der Waals surface area contributed by atoms with Crippen molar-refractivity contribution in [1.82, 2.24) is 20.4 Å². The zero-order valence-corrected chi connectivity index (χ0v) is 18.7. The number of piperidine rings is 1. The Balaban J connectivity index is 1.13. The molecule has 172 valence electrons. The van der Waals surface area contributed by atoms with E-state index in [0.717, 1.165) is 70.0 Å². The Labute approximate surface area is 193 Å². The van der Waals surface area contributed by atoms with Crippen molar-refractivity contribution in [3.05, 3.63) is 66.1 Å². The summed E-state index contributed by atoms with van der Waals surface area (Å²) < 4.78 is 10.7. The molecule has 8 nitrogen and oxygen atoms in total. The fourth-order valence-electron chi connectivity index (χ4n) is 4.40. The van der Waals surface area contributed by atoms with Gasteiger partial charge in [-0.2, -0.15) is 4.98 Å². The van der Waals surface area contributed by atoms with Gasteiger partial charge in [0.05, 0.1) is 13.2 Å². The lowest BCUT2D eigenvalue weighted by molar-refractivity contribution is 0.0865. The number of amides is 1. The van der Waals surface area contributed by atoms with E-state index in [4.69, 9.17) is 9.26 Å². The standard InChI is InChI=1S/C25H29N5O3/c31-24(26-21-10-12-29(13-11-21)18-19-4-2-1-3-5-19)25-27-23(28-33-25)20-6-8-22(9-7-20)30-14-16-32-17-15-30/h1-9,21H,10-18H2,(H,26,31). The van der Waals surface area contributed by atoms with Crippen LogP contribution < -0.4 is 10.2 Å². The van der Waals surface area contributed by atoms with Crippen molar-refractivity contribution in [2.75, 3.05) is 44.3 Å². The van der Waals surface area contributed by atoms with Crippen LogP contribution in [-0.4, -0.2) is 66.4 Å². The summed E-state index contributed by atoms with van der Waals surface area (Å²) in [6.07, 6.45) is 1.81. The van der Waals surface area contributed by atoms with E-state index in [1.807, 2.05) is 30.3 Å². The molecule has 0 bridgehead atoms. The summed E-state index contributed by atoms with van der Waals surface area (Å²) in [5, 5.41) is 7.07. The first kappa shape index (κ1) is 21.6. The van der Waals surface area contributed by atoms with E-state index >= 15 is 0 Å². The minimum absolute atomic E-state index is 0.00831. The summed E-state index contributed by atoms with van der Waals surface area (Å²) in [5.74, 6) is 0.125. The summed E-state index contributed by atoms with van der Waals surface area (Å²) in [7, 11) is 0. The van der Waals surface area contributed by atoms with Crippen LogP contribution in [0.4, 0.5) is 5.69 Å². The molecule has 0 spiro atoms. The third-order valence-corrected chi connectivity index (χ3v) is 6.29. The number of likely N-dealkylation sites (tertiary alicyclic amines) is 1. The van der Waals surface area contributed by atoms with E-state index in [9.17, 15) is 4.79 Å². The Kier molecular flexibility index (Phi) is 6.64. The molecule has 0 atom stereocenters. The number of morpholine rings is 1. The van der Waals surface area contributed by atoms with Crippen LogP contribution in [0.2, 0.25) is 0 Å². The van der Waals surface area contributed by atoms with E-state index in [1.54, 1.807) is 0 Å². The third kappa shape index (κ3) is 5.40. The summed E-state index contributed by atoms with van der Waals surface area (Å²) >= 11 is 0. The number of hydrogen-bond acceptors (Lipinski definition) is 7. The Morgan fingerprint density at radius 1 is 0.970 bits per heavy atom. The van der Waals surface area contributed by atoms with Gasteiger partial charge in [0, 0.05) is 50.0 Å². The molecule has 1 aromatic heterocycles. The molecule has 2 fully saturated rings. The lowest BCUT2D eigenvalue weighted by atomic mass is 10.0. The molecule has 3 heterocycles. The Morgan fingerprint density at radius 3 is 2.42 bits per heavy atom. The number of carbonyl (C=O) groups is 1. The average Bonchev–Trinajstić information content (AvgIpc) is 3.37. The van der Waals surface area contributed by atoms with E-state index in [1.165, 1.54) is 5.56 Å². The second-order valence-corrected chi connectivity index (χ2v) is 8.58. The largest absolute Gasteiger partial charge is 0.378 e. The summed E-state index contributed by atoms with van der Waals surface area (Å²) in [6.45, 7) is 6.11. The lowest BCUT2D eigenvalue weighted by Crippen LogP contribution is -2.44. The molecule has 1 amide bonds. The van der Waals surface area contributed by atoms with E-state index < -0.39 is 0 Å². The summed E-state index contributed by atoms with van der Waals surface area (Å²) in [4.78, 5) is 21.7. The molecular weight excluding hydrogens is 418 g/mol. The fraction of sp³-hybridized carbons (Fsp3) is 0.400. The van der Waals surface area contributed by atoms with Gasteiger partial charge in [-0.15, -0.1) is 0 Å². The van der Waals surface area contributed by atoms with Crippen LogP contribution in [0.3, 0.4) is 0 Å². The summed E-state index contributed by atoms with van der Waals surface area (Å²) in [5.41, 5.74) is 3.28. The van der Waals surface area contributed by atoms with Gasteiger partial charge in [-0.1, -0.05) is 35.5 Å². The average molecular weight is 448 g/mol. The van der Waals surface area contributed by atoms with Gasteiger partial charge in [-0.25, -0.2) is 0 Å². The topological polar surface area (TPSA) is 83.7 Å². The molecule has 0 unspecified atom stereocenters. The molecule has 8 heteroatoms. The third-order valence-electron chi connectivity index (χ3n) is 6.29. The van der Waals surface area contributed by atoms with Gasteiger partial charge in [-0.05, 0) is 42.7 Å². The quantitative estimate of drug-likeness (QED) is 0.622. The van der Waals surface area contributed by atoms with Gasteiger partial charge >= 0.3 is 11.8 Å². The SMILES string of the molecule is O=C(NC1CCN(Cc2ccccc2)CC1)c1nc(-c2ccc(N3CCOCC3)cc2)no1. The molecule has 1 N–H and O–H groups in total. The zero-order valence-electron chi connectivity index (χ0n) is 18.7. The number of carbonyl (C=O) groups excluding carboxylic acids is 1. The molecule has 5 rings (SSSR count). The van der Waals surface area contributed by atoms with Crippen molar-refractivity contribution in [2.24, 2.45) is 0 Å². The minimum Gasteiger partial charge on any atom is -0.378 e. The van der Waals surface area contributed by atoms with Crippen LogP contribution in [0.1, 0.15) is 29.1 Å². The highest BCUT2D eigenvalue weighted by Gasteiger charge is 2.24. The van der Waals surface area contributed by atoms with Crippen LogP contribution >= 0.6 is 0 Å². The zero-order chi connectivity index (χ0) is 22.5. The first-order chi connectivity index (χ1) is 16.2. The number of rotatable bonds is 6. The maximum atomic E-state index is 12.7.